The molecule has 31 heavy (non-hydrogen) atoms. The molecule has 170 valence electrons. The van der Waals surface area contributed by atoms with Crippen LogP contribution in [0.15, 0.2) is 12.5 Å². The van der Waals surface area contributed by atoms with Crippen molar-refractivity contribution in [3.05, 3.63) is 18.1 Å². The highest BCUT2D eigenvalue weighted by molar-refractivity contribution is 5.90. The molecule has 2 N–H and O–H groups in total. The number of ether oxygens (including phenoxy) is 1. The molecule has 0 radical (unpaired) electrons. The number of anilines is 1. The van der Waals surface area contributed by atoms with Gasteiger partial charge in [-0.05, 0) is 63.9 Å². The van der Waals surface area contributed by atoms with Gasteiger partial charge in [0.05, 0.1) is 5.39 Å². The maximum Gasteiger partial charge on any atom is 0.143 e. The summed E-state index contributed by atoms with van der Waals surface area (Å²) in [5, 5.41) is 5.00. The van der Waals surface area contributed by atoms with Crippen molar-refractivity contribution in [3.8, 4) is 0 Å². The first-order chi connectivity index (χ1) is 15.2. The van der Waals surface area contributed by atoms with E-state index >= 15 is 0 Å². The molecule has 7 heteroatoms. The van der Waals surface area contributed by atoms with Gasteiger partial charge in [-0.25, -0.2) is 9.97 Å². The zero-order valence-electron chi connectivity index (χ0n) is 19.1. The summed E-state index contributed by atoms with van der Waals surface area (Å²) < 4.78 is 5.58. The second kappa shape index (κ2) is 9.43. The average molecular weight is 427 g/mol. The zero-order valence-corrected chi connectivity index (χ0v) is 19.1. The van der Waals surface area contributed by atoms with Crippen molar-refractivity contribution in [1.29, 1.82) is 0 Å². The Morgan fingerprint density at radius 3 is 2.45 bits per heavy atom. The van der Waals surface area contributed by atoms with Gasteiger partial charge in [0.2, 0.25) is 0 Å². The van der Waals surface area contributed by atoms with Gasteiger partial charge in [-0.15, -0.1) is 0 Å². The number of nitrogens with zero attached hydrogens (tertiary/aromatic N) is 4. The minimum atomic E-state index is 0.503. The number of piperazine rings is 1. The highest BCUT2D eigenvalue weighted by atomic mass is 16.5. The SMILES string of the molecule is CC(C)N1CCN([C@H]2CC[C@@H](Nc3ncnc4[nH]cc(C5CCOCC5)c34)CC2)CC1. The molecule has 2 aromatic heterocycles. The van der Waals surface area contributed by atoms with E-state index in [1.54, 1.807) is 6.33 Å². The van der Waals surface area contributed by atoms with Gasteiger partial charge >= 0.3 is 0 Å². The minimum Gasteiger partial charge on any atom is -0.381 e. The molecule has 2 saturated heterocycles. The van der Waals surface area contributed by atoms with Gasteiger partial charge in [-0.2, -0.15) is 0 Å². The van der Waals surface area contributed by atoms with E-state index in [0.717, 1.165) is 43.6 Å². The van der Waals surface area contributed by atoms with Crippen LogP contribution in [-0.2, 0) is 4.74 Å². The van der Waals surface area contributed by atoms with Crippen molar-refractivity contribution < 1.29 is 4.74 Å². The van der Waals surface area contributed by atoms with E-state index in [9.17, 15) is 0 Å². The first kappa shape index (κ1) is 21.2. The van der Waals surface area contributed by atoms with Crippen molar-refractivity contribution >= 4 is 16.9 Å². The second-order valence-electron chi connectivity index (χ2n) is 9.89. The molecule has 0 amide bonds. The Morgan fingerprint density at radius 2 is 1.74 bits per heavy atom. The van der Waals surface area contributed by atoms with Crippen LogP contribution < -0.4 is 5.32 Å². The highest BCUT2D eigenvalue weighted by Gasteiger charge is 2.30. The molecule has 3 fully saturated rings. The molecular weight excluding hydrogens is 388 g/mol. The summed E-state index contributed by atoms with van der Waals surface area (Å²) in [6, 6.07) is 1.93. The quantitative estimate of drug-likeness (QED) is 0.761. The van der Waals surface area contributed by atoms with E-state index in [1.807, 2.05) is 0 Å². The first-order valence-electron chi connectivity index (χ1n) is 12.3. The van der Waals surface area contributed by atoms with Gasteiger partial charge in [-0.3, -0.25) is 9.80 Å². The van der Waals surface area contributed by atoms with E-state index in [2.05, 4.69) is 50.1 Å². The Hall–Kier alpha value is -1.70. The number of aromatic nitrogens is 3. The van der Waals surface area contributed by atoms with Crippen LogP contribution in [0.1, 0.15) is 63.9 Å². The van der Waals surface area contributed by atoms with Crippen molar-refractivity contribution in [1.82, 2.24) is 24.8 Å². The molecule has 5 rings (SSSR count). The lowest BCUT2D eigenvalue weighted by Crippen LogP contribution is -2.53. The lowest BCUT2D eigenvalue weighted by atomic mass is 9.89. The number of nitrogens with one attached hydrogen (secondary N) is 2. The molecule has 1 saturated carbocycles. The molecule has 0 bridgehead atoms. The molecule has 0 aromatic carbocycles. The zero-order chi connectivity index (χ0) is 21.2. The van der Waals surface area contributed by atoms with E-state index in [0.29, 0.717) is 18.0 Å². The Morgan fingerprint density at radius 1 is 1.00 bits per heavy atom. The number of hydrogen-bond acceptors (Lipinski definition) is 6. The van der Waals surface area contributed by atoms with E-state index < -0.39 is 0 Å². The summed E-state index contributed by atoms with van der Waals surface area (Å²) in [5.74, 6) is 1.55. The summed E-state index contributed by atoms with van der Waals surface area (Å²) in [6.45, 7) is 11.2. The van der Waals surface area contributed by atoms with Gasteiger partial charge in [0.25, 0.3) is 0 Å². The van der Waals surface area contributed by atoms with Crippen LogP contribution in [0.5, 0.6) is 0 Å². The fourth-order valence-corrected chi connectivity index (χ4v) is 5.82. The molecule has 2 aromatic rings. The van der Waals surface area contributed by atoms with Crippen LogP contribution in [-0.4, -0.2) is 82.3 Å². The van der Waals surface area contributed by atoms with Gasteiger partial charge < -0.3 is 15.0 Å². The van der Waals surface area contributed by atoms with Gasteiger partial charge in [0, 0.05) is 63.7 Å². The maximum absolute atomic E-state index is 5.58. The monoisotopic (exact) mass is 426 g/mol. The molecule has 1 aliphatic carbocycles. The van der Waals surface area contributed by atoms with Crippen molar-refractivity contribution in [3.63, 3.8) is 0 Å². The number of fused-ring (bicyclic) bond motifs is 1. The maximum atomic E-state index is 5.58. The third-order valence-corrected chi connectivity index (χ3v) is 7.79. The Kier molecular flexibility index (Phi) is 6.44. The smallest absolute Gasteiger partial charge is 0.143 e. The fourth-order valence-electron chi connectivity index (χ4n) is 5.82. The average Bonchev–Trinajstić information content (AvgIpc) is 3.26. The molecule has 0 spiro atoms. The van der Waals surface area contributed by atoms with Crippen LogP contribution in [0.25, 0.3) is 11.0 Å². The van der Waals surface area contributed by atoms with Crippen LogP contribution in [0.4, 0.5) is 5.82 Å². The van der Waals surface area contributed by atoms with Crippen LogP contribution in [0, 0.1) is 0 Å². The lowest BCUT2D eigenvalue weighted by molar-refractivity contribution is 0.0631. The van der Waals surface area contributed by atoms with Crippen molar-refractivity contribution in [2.24, 2.45) is 0 Å². The summed E-state index contributed by atoms with van der Waals surface area (Å²) in [7, 11) is 0. The molecular formula is C24H38N6O. The minimum absolute atomic E-state index is 0.503. The first-order valence-corrected chi connectivity index (χ1v) is 12.3. The Balaban J connectivity index is 1.21. The topological polar surface area (TPSA) is 69.3 Å². The van der Waals surface area contributed by atoms with Crippen molar-refractivity contribution in [2.45, 2.75) is 76.4 Å². The molecule has 3 aliphatic rings. The summed E-state index contributed by atoms with van der Waals surface area (Å²) in [5.41, 5.74) is 2.31. The molecule has 0 atom stereocenters. The standard InChI is InChI=1S/C24H38N6O/c1-17(2)29-9-11-30(12-10-29)20-5-3-19(4-6-20)28-24-22-21(18-7-13-31-14-8-18)15-25-23(22)26-16-27-24/h15-20H,3-14H2,1-2H3,(H2,25,26,27,28)/t19-,20+. The van der Waals surface area contributed by atoms with Gasteiger partial charge in [0.15, 0.2) is 0 Å². The third kappa shape index (κ3) is 4.59. The predicted molar refractivity (Wildman–Crippen MR) is 125 cm³/mol. The van der Waals surface area contributed by atoms with Crippen LogP contribution >= 0.6 is 0 Å². The summed E-state index contributed by atoms with van der Waals surface area (Å²) in [6.07, 6.45) is 11.0. The molecule has 0 unspecified atom stereocenters. The van der Waals surface area contributed by atoms with E-state index in [4.69, 9.17) is 4.74 Å². The fraction of sp³-hybridized carbons (Fsp3) is 0.750. The van der Waals surface area contributed by atoms with Crippen molar-refractivity contribution in [2.75, 3.05) is 44.7 Å². The highest BCUT2D eigenvalue weighted by Crippen LogP contribution is 2.36. The number of aromatic amines is 1. The van der Waals surface area contributed by atoms with E-state index in [1.165, 1.54) is 62.8 Å². The number of hydrogen-bond donors (Lipinski definition) is 2. The van der Waals surface area contributed by atoms with E-state index in [-0.39, 0.29) is 0 Å². The number of H-pyrrole nitrogens is 1. The van der Waals surface area contributed by atoms with Gasteiger partial charge in [0.1, 0.15) is 17.8 Å². The third-order valence-electron chi connectivity index (χ3n) is 7.79. The molecule has 2 aliphatic heterocycles. The lowest BCUT2D eigenvalue weighted by Gasteiger charge is -2.43. The Labute approximate surface area is 185 Å². The molecule has 4 heterocycles. The largest absolute Gasteiger partial charge is 0.381 e. The molecule has 7 nitrogen and oxygen atoms in total. The summed E-state index contributed by atoms with van der Waals surface area (Å²) >= 11 is 0. The van der Waals surface area contributed by atoms with Crippen LogP contribution in [0.2, 0.25) is 0 Å². The van der Waals surface area contributed by atoms with Gasteiger partial charge in [-0.1, -0.05) is 0 Å². The van der Waals surface area contributed by atoms with Crippen LogP contribution in [0.3, 0.4) is 0 Å². The Bertz CT molecular complexity index is 845. The predicted octanol–water partition coefficient (Wildman–Crippen LogP) is 3.60. The summed E-state index contributed by atoms with van der Waals surface area (Å²) in [4.78, 5) is 17.9. The second-order valence-corrected chi connectivity index (χ2v) is 9.89. The normalized spacial score (nSPS) is 27.2. The number of rotatable bonds is 5.